The Bertz CT molecular complexity index is 540. The SMILES string of the molecule is C[C@@H](O)c1ccc(F)cc1OCc1ccc(Br)s1. The van der Waals surface area contributed by atoms with Gasteiger partial charge < -0.3 is 9.84 Å². The first-order valence-electron chi connectivity index (χ1n) is 5.41. The number of benzene rings is 1. The normalized spacial score (nSPS) is 12.4. The fourth-order valence-corrected chi connectivity index (χ4v) is 2.95. The van der Waals surface area contributed by atoms with Gasteiger partial charge in [0.15, 0.2) is 0 Å². The topological polar surface area (TPSA) is 29.5 Å². The van der Waals surface area contributed by atoms with Gasteiger partial charge >= 0.3 is 0 Å². The maximum Gasteiger partial charge on any atom is 0.128 e. The van der Waals surface area contributed by atoms with Crippen LogP contribution in [0.25, 0.3) is 0 Å². The second-order valence-electron chi connectivity index (χ2n) is 3.85. The molecule has 96 valence electrons. The van der Waals surface area contributed by atoms with Crippen molar-refractivity contribution in [1.82, 2.24) is 0 Å². The molecule has 0 bridgehead atoms. The highest BCUT2D eigenvalue weighted by Crippen LogP contribution is 2.28. The molecule has 1 N–H and O–H groups in total. The molecule has 0 unspecified atom stereocenters. The van der Waals surface area contributed by atoms with Crippen molar-refractivity contribution in [2.45, 2.75) is 19.6 Å². The van der Waals surface area contributed by atoms with Crippen LogP contribution in [0.1, 0.15) is 23.5 Å². The first kappa shape index (κ1) is 13.5. The lowest BCUT2D eigenvalue weighted by Crippen LogP contribution is -2.00. The molecular weight excluding hydrogens is 319 g/mol. The smallest absolute Gasteiger partial charge is 0.128 e. The van der Waals surface area contributed by atoms with Crippen LogP contribution in [0.3, 0.4) is 0 Å². The zero-order valence-electron chi connectivity index (χ0n) is 9.69. The van der Waals surface area contributed by atoms with Crippen LogP contribution in [-0.4, -0.2) is 5.11 Å². The molecule has 5 heteroatoms. The Morgan fingerprint density at radius 3 is 2.78 bits per heavy atom. The van der Waals surface area contributed by atoms with Gasteiger partial charge in [0, 0.05) is 16.5 Å². The van der Waals surface area contributed by atoms with Gasteiger partial charge in [0.1, 0.15) is 18.2 Å². The van der Waals surface area contributed by atoms with Crippen LogP contribution in [0.5, 0.6) is 5.75 Å². The number of aliphatic hydroxyl groups is 1. The third-order valence-corrected chi connectivity index (χ3v) is 4.02. The molecule has 0 aliphatic heterocycles. The Morgan fingerprint density at radius 2 is 2.17 bits per heavy atom. The van der Waals surface area contributed by atoms with Crippen molar-refractivity contribution in [3.63, 3.8) is 0 Å². The van der Waals surface area contributed by atoms with E-state index in [9.17, 15) is 9.50 Å². The quantitative estimate of drug-likeness (QED) is 0.906. The second-order valence-corrected chi connectivity index (χ2v) is 6.40. The van der Waals surface area contributed by atoms with Crippen molar-refractivity contribution in [2.75, 3.05) is 0 Å². The molecule has 0 fully saturated rings. The lowest BCUT2D eigenvalue weighted by molar-refractivity contribution is 0.190. The van der Waals surface area contributed by atoms with E-state index in [1.54, 1.807) is 24.3 Å². The summed E-state index contributed by atoms with van der Waals surface area (Å²) >= 11 is 4.93. The molecule has 1 heterocycles. The Morgan fingerprint density at radius 1 is 1.39 bits per heavy atom. The molecule has 0 amide bonds. The number of thiophene rings is 1. The van der Waals surface area contributed by atoms with Crippen molar-refractivity contribution >= 4 is 27.3 Å². The molecular formula is C13H12BrFO2S. The van der Waals surface area contributed by atoms with Crippen molar-refractivity contribution in [3.05, 3.63) is 50.4 Å². The summed E-state index contributed by atoms with van der Waals surface area (Å²) in [7, 11) is 0. The van der Waals surface area contributed by atoms with E-state index in [1.165, 1.54) is 12.1 Å². The fourth-order valence-electron chi connectivity index (χ4n) is 1.56. The molecule has 1 atom stereocenters. The minimum Gasteiger partial charge on any atom is -0.488 e. The number of rotatable bonds is 4. The molecule has 18 heavy (non-hydrogen) atoms. The molecule has 2 aromatic rings. The van der Waals surface area contributed by atoms with Crippen molar-refractivity contribution in [3.8, 4) is 5.75 Å². The highest BCUT2D eigenvalue weighted by Gasteiger charge is 2.11. The van der Waals surface area contributed by atoms with Crippen LogP contribution in [0, 0.1) is 5.82 Å². The number of halogens is 2. The van der Waals surface area contributed by atoms with Crippen LogP contribution < -0.4 is 4.74 Å². The summed E-state index contributed by atoms with van der Waals surface area (Å²) in [5.74, 6) is 0.0104. The van der Waals surface area contributed by atoms with E-state index >= 15 is 0 Å². The fraction of sp³-hybridized carbons (Fsp3) is 0.231. The van der Waals surface area contributed by atoms with Crippen LogP contribution in [0.15, 0.2) is 34.1 Å². The van der Waals surface area contributed by atoms with E-state index in [1.807, 2.05) is 12.1 Å². The minimum atomic E-state index is -0.685. The zero-order valence-corrected chi connectivity index (χ0v) is 12.1. The minimum absolute atomic E-state index is 0.361. The van der Waals surface area contributed by atoms with Gasteiger partial charge in [-0.1, -0.05) is 0 Å². The molecule has 0 spiro atoms. The molecule has 2 rings (SSSR count). The number of hydrogen-bond donors (Lipinski definition) is 1. The monoisotopic (exact) mass is 330 g/mol. The molecule has 0 saturated heterocycles. The number of aliphatic hydroxyl groups excluding tert-OH is 1. The van der Waals surface area contributed by atoms with Gasteiger partial charge in [-0.15, -0.1) is 11.3 Å². The maximum atomic E-state index is 13.2. The molecule has 1 aromatic carbocycles. The highest BCUT2D eigenvalue weighted by molar-refractivity contribution is 9.11. The van der Waals surface area contributed by atoms with E-state index in [0.29, 0.717) is 17.9 Å². The number of ether oxygens (including phenoxy) is 1. The Kier molecular flexibility index (Phi) is 4.37. The van der Waals surface area contributed by atoms with Gasteiger partial charge in [-0.3, -0.25) is 0 Å². The Hall–Kier alpha value is -0.910. The first-order valence-corrected chi connectivity index (χ1v) is 7.02. The molecule has 0 aliphatic rings. The average molecular weight is 331 g/mol. The Labute approximate surface area is 117 Å². The third kappa shape index (κ3) is 3.31. The zero-order chi connectivity index (χ0) is 13.1. The lowest BCUT2D eigenvalue weighted by atomic mass is 10.1. The van der Waals surface area contributed by atoms with Crippen LogP contribution >= 0.6 is 27.3 Å². The lowest BCUT2D eigenvalue weighted by Gasteiger charge is -2.12. The maximum absolute atomic E-state index is 13.2. The molecule has 0 radical (unpaired) electrons. The molecule has 0 aliphatic carbocycles. The van der Waals surface area contributed by atoms with Crippen LogP contribution in [-0.2, 0) is 6.61 Å². The summed E-state index contributed by atoms with van der Waals surface area (Å²) in [6.45, 7) is 1.99. The predicted octanol–water partition coefficient (Wildman–Crippen LogP) is 4.28. The first-order chi connectivity index (χ1) is 8.56. The van der Waals surface area contributed by atoms with Crippen LogP contribution in [0.2, 0.25) is 0 Å². The average Bonchev–Trinajstić information content (AvgIpc) is 2.72. The predicted molar refractivity (Wildman–Crippen MR) is 73.4 cm³/mol. The summed E-state index contributed by atoms with van der Waals surface area (Å²) in [6, 6.07) is 8.03. The van der Waals surface area contributed by atoms with Gasteiger partial charge in [-0.25, -0.2) is 4.39 Å². The third-order valence-electron chi connectivity index (χ3n) is 2.42. The van der Waals surface area contributed by atoms with Gasteiger partial charge in [-0.2, -0.15) is 0 Å². The van der Waals surface area contributed by atoms with Gasteiger partial charge in [0.2, 0.25) is 0 Å². The van der Waals surface area contributed by atoms with Crippen molar-refractivity contribution < 1.29 is 14.2 Å². The molecule has 2 nitrogen and oxygen atoms in total. The summed E-state index contributed by atoms with van der Waals surface area (Å²) in [6.07, 6.45) is -0.685. The van der Waals surface area contributed by atoms with E-state index in [0.717, 1.165) is 8.66 Å². The van der Waals surface area contributed by atoms with Crippen LogP contribution in [0.4, 0.5) is 4.39 Å². The van der Waals surface area contributed by atoms with Crippen molar-refractivity contribution in [2.24, 2.45) is 0 Å². The highest BCUT2D eigenvalue weighted by atomic mass is 79.9. The summed E-state index contributed by atoms with van der Waals surface area (Å²) in [5, 5.41) is 9.59. The largest absolute Gasteiger partial charge is 0.488 e. The van der Waals surface area contributed by atoms with Crippen molar-refractivity contribution in [1.29, 1.82) is 0 Å². The van der Waals surface area contributed by atoms with Gasteiger partial charge in [-0.05, 0) is 47.1 Å². The van der Waals surface area contributed by atoms with E-state index in [2.05, 4.69) is 15.9 Å². The molecule has 1 aromatic heterocycles. The summed E-state index contributed by atoms with van der Waals surface area (Å²) in [5.41, 5.74) is 0.590. The summed E-state index contributed by atoms with van der Waals surface area (Å²) in [4.78, 5) is 1.03. The van der Waals surface area contributed by atoms with E-state index in [4.69, 9.17) is 4.74 Å². The van der Waals surface area contributed by atoms with Gasteiger partial charge in [0.05, 0.1) is 9.89 Å². The van der Waals surface area contributed by atoms with Gasteiger partial charge in [0.25, 0.3) is 0 Å². The standard InChI is InChI=1S/C13H12BrFO2S/c1-8(16)11-4-2-9(15)6-12(11)17-7-10-3-5-13(14)18-10/h2-6,8,16H,7H2,1H3/t8-/m1/s1. The number of hydrogen-bond acceptors (Lipinski definition) is 3. The van der Waals surface area contributed by atoms with E-state index in [-0.39, 0.29) is 5.82 Å². The Balaban J connectivity index is 2.15. The molecule has 0 saturated carbocycles. The summed E-state index contributed by atoms with van der Waals surface area (Å²) < 4.78 is 19.8. The van der Waals surface area contributed by atoms with E-state index < -0.39 is 6.10 Å². The second kappa shape index (κ2) is 5.82.